The van der Waals surface area contributed by atoms with Crippen LogP contribution < -0.4 is 15.4 Å². The van der Waals surface area contributed by atoms with Crippen LogP contribution in [0, 0.1) is 0 Å². The molecular weight excluding hydrogens is 527 g/mol. The van der Waals surface area contributed by atoms with Gasteiger partial charge in [-0.2, -0.15) is 0 Å². The topological polar surface area (TPSA) is 110 Å². The van der Waals surface area contributed by atoms with E-state index in [9.17, 15) is 23.6 Å². The summed E-state index contributed by atoms with van der Waals surface area (Å²) in [5.41, 5.74) is 2.20. The largest absolute Gasteiger partial charge is 0.412 e. The van der Waals surface area contributed by atoms with Crippen LogP contribution >= 0.6 is 0 Å². The molecule has 3 aromatic rings. The fraction of sp³-hybridized carbons (Fsp3) is 0.419. The van der Waals surface area contributed by atoms with E-state index in [0.717, 1.165) is 32.1 Å². The van der Waals surface area contributed by atoms with Crippen LogP contribution in [-0.4, -0.2) is 64.5 Å². The van der Waals surface area contributed by atoms with E-state index >= 15 is 0 Å². The first-order valence-electron chi connectivity index (χ1n) is 14.2. The molecule has 10 heteroatoms. The fourth-order valence-electron chi connectivity index (χ4n) is 5.26. The van der Waals surface area contributed by atoms with Gasteiger partial charge in [-0.3, -0.25) is 14.4 Å². The molecule has 0 bridgehead atoms. The molecule has 2 heterocycles. The minimum atomic E-state index is -1.29. The Morgan fingerprint density at radius 1 is 1.05 bits per heavy atom. The Labute approximate surface area is 238 Å². The van der Waals surface area contributed by atoms with Crippen LogP contribution in [0.3, 0.4) is 0 Å². The molecule has 1 saturated carbocycles. The first kappa shape index (κ1) is 28.3. The van der Waals surface area contributed by atoms with Gasteiger partial charge in [0.2, 0.25) is 11.8 Å². The van der Waals surface area contributed by atoms with E-state index in [4.69, 9.17) is 4.74 Å². The first-order valence-corrected chi connectivity index (χ1v) is 14.2. The number of alkyl halides is 1. The molecule has 9 nitrogen and oxygen atoms in total. The van der Waals surface area contributed by atoms with Crippen molar-refractivity contribution in [2.45, 2.75) is 70.2 Å². The quantitative estimate of drug-likeness (QED) is 0.269. The molecule has 5 rings (SSSR count). The van der Waals surface area contributed by atoms with Crippen molar-refractivity contribution < 1.29 is 28.3 Å². The number of aryl methyl sites for hydroxylation is 1. The Hall–Kier alpha value is -4.21. The summed E-state index contributed by atoms with van der Waals surface area (Å²) in [6.07, 6.45) is 4.13. The summed E-state index contributed by atoms with van der Waals surface area (Å²) in [6.45, 7) is 1.55. The van der Waals surface area contributed by atoms with Gasteiger partial charge in [-0.05, 0) is 62.8 Å². The molecule has 2 fully saturated rings. The SMILES string of the molecule is CC(=O)c1cn(CC(=O)N2C[C@H](F)C[C@H]2C(=O)NCCCCc2ccccc2)c2ccc(OC(=O)NC3CC3)cc12. The number of amides is 3. The highest BCUT2D eigenvalue weighted by Gasteiger charge is 2.39. The lowest BCUT2D eigenvalue weighted by atomic mass is 10.1. The van der Waals surface area contributed by atoms with E-state index in [1.807, 2.05) is 18.2 Å². The molecule has 2 atom stereocenters. The van der Waals surface area contributed by atoms with Gasteiger partial charge >= 0.3 is 6.09 Å². The second kappa shape index (κ2) is 12.5. The van der Waals surface area contributed by atoms with Crippen molar-refractivity contribution >= 4 is 34.6 Å². The maximum absolute atomic E-state index is 14.4. The number of carbonyl (C=O) groups excluding carboxylic acids is 4. The Kier molecular flexibility index (Phi) is 8.66. The van der Waals surface area contributed by atoms with Crippen LogP contribution in [0.25, 0.3) is 10.9 Å². The number of rotatable bonds is 11. The van der Waals surface area contributed by atoms with E-state index in [1.165, 1.54) is 17.4 Å². The number of halogens is 1. The molecule has 3 amide bonds. The molecule has 1 saturated heterocycles. The van der Waals surface area contributed by atoms with E-state index in [-0.39, 0.29) is 43.0 Å². The van der Waals surface area contributed by atoms with E-state index in [1.54, 1.807) is 29.0 Å². The molecule has 0 radical (unpaired) electrons. The van der Waals surface area contributed by atoms with Gasteiger partial charge in [0.25, 0.3) is 0 Å². The van der Waals surface area contributed by atoms with Crippen molar-refractivity contribution in [3.8, 4) is 5.75 Å². The number of unbranched alkanes of at least 4 members (excludes halogenated alkanes) is 1. The van der Waals surface area contributed by atoms with Crippen molar-refractivity contribution in [2.24, 2.45) is 0 Å². The average molecular weight is 563 g/mol. The van der Waals surface area contributed by atoms with Crippen LogP contribution in [0.2, 0.25) is 0 Å². The summed E-state index contributed by atoms with van der Waals surface area (Å²) >= 11 is 0. The maximum Gasteiger partial charge on any atom is 0.412 e. The zero-order chi connectivity index (χ0) is 28.9. The summed E-state index contributed by atoms with van der Waals surface area (Å²) in [4.78, 5) is 52.0. The summed E-state index contributed by atoms with van der Waals surface area (Å²) in [7, 11) is 0. The minimum absolute atomic E-state index is 0.0453. The molecule has 1 aliphatic heterocycles. The summed E-state index contributed by atoms with van der Waals surface area (Å²) in [5.74, 6) is -0.699. The maximum atomic E-state index is 14.4. The third-order valence-electron chi connectivity index (χ3n) is 7.55. The number of nitrogens with one attached hydrogen (secondary N) is 2. The van der Waals surface area contributed by atoms with Gasteiger partial charge in [0.1, 0.15) is 24.5 Å². The van der Waals surface area contributed by atoms with Crippen molar-refractivity contribution in [2.75, 3.05) is 13.1 Å². The zero-order valence-corrected chi connectivity index (χ0v) is 23.1. The summed E-state index contributed by atoms with van der Waals surface area (Å²) < 4.78 is 21.4. The molecule has 2 aliphatic rings. The molecule has 216 valence electrons. The van der Waals surface area contributed by atoms with Gasteiger partial charge in [0.05, 0.1) is 6.54 Å². The molecule has 41 heavy (non-hydrogen) atoms. The van der Waals surface area contributed by atoms with Crippen molar-refractivity contribution in [1.29, 1.82) is 0 Å². The second-order valence-electron chi connectivity index (χ2n) is 10.8. The molecular formula is C31H35FN4O5. The van der Waals surface area contributed by atoms with Crippen LogP contribution in [0.5, 0.6) is 5.75 Å². The number of ketones is 1. The monoisotopic (exact) mass is 562 g/mol. The van der Waals surface area contributed by atoms with Crippen LogP contribution in [0.4, 0.5) is 9.18 Å². The molecule has 0 spiro atoms. The van der Waals surface area contributed by atoms with Crippen molar-refractivity contribution in [1.82, 2.24) is 20.1 Å². The second-order valence-corrected chi connectivity index (χ2v) is 10.8. The lowest BCUT2D eigenvalue weighted by Crippen LogP contribution is -2.47. The van der Waals surface area contributed by atoms with Crippen LogP contribution in [0.15, 0.2) is 54.7 Å². The smallest absolute Gasteiger partial charge is 0.410 e. The predicted octanol–water partition coefficient (Wildman–Crippen LogP) is 4.17. The highest BCUT2D eigenvalue weighted by atomic mass is 19.1. The number of hydrogen-bond acceptors (Lipinski definition) is 5. The highest BCUT2D eigenvalue weighted by molar-refractivity contribution is 6.07. The summed E-state index contributed by atoms with van der Waals surface area (Å²) in [5, 5.41) is 6.15. The Balaban J connectivity index is 1.21. The van der Waals surface area contributed by atoms with Crippen molar-refractivity contribution in [3.63, 3.8) is 0 Å². The third-order valence-corrected chi connectivity index (χ3v) is 7.55. The Morgan fingerprint density at radius 2 is 1.83 bits per heavy atom. The number of ether oxygens (including phenoxy) is 1. The number of aromatic nitrogens is 1. The highest BCUT2D eigenvalue weighted by Crippen LogP contribution is 2.28. The Morgan fingerprint density at radius 3 is 2.56 bits per heavy atom. The van der Waals surface area contributed by atoms with Crippen LogP contribution in [0.1, 0.15) is 54.9 Å². The third kappa shape index (κ3) is 7.11. The van der Waals surface area contributed by atoms with E-state index < -0.39 is 24.2 Å². The van der Waals surface area contributed by atoms with E-state index in [0.29, 0.717) is 23.0 Å². The normalized spacial score (nSPS) is 18.3. The lowest BCUT2D eigenvalue weighted by molar-refractivity contribution is -0.138. The van der Waals surface area contributed by atoms with Gasteiger partial charge in [-0.15, -0.1) is 0 Å². The molecule has 2 N–H and O–H groups in total. The van der Waals surface area contributed by atoms with Gasteiger partial charge in [-0.25, -0.2) is 9.18 Å². The van der Waals surface area contributed by atoms with Gasteiger partial charge in [0, 0.05) is 41.7 Å². The van der Waals surface area contributed by atoms with Crippen molar-refractivity contribution in [3.05, 3.63) is 65.9 Å². The zero-order valence-electron chi connectivity index (χ0n) is 23.1. The van der Waals surface area contributed by atoms with Crippen LogP contribution in [-0.2, 0) is 22.6 Å². The molecule has 2 aromatic carbocycles. The standard InChI is InChI=1S/C31H35FN4O5/c1-20(37)26-18-35(27-13-12-24(16-25(26)27)41-31(40)34-23-10-11-23)19-29(38)36-17-22(32)15-28(36)30(39)33-14-6-5-9-21-7-3-2-4-8-21/h2-4,7-8,12-13,16,18,22-23,28H,5-6,9-11,14-15,17,19H2,1H3,(H,33,39)(H,34,40)/t22-,28+/m1/s1. The van der Waals surface area contributed by atoms with Gasteiger partial charge in [-0.1, -0.05) is 30.3 Å². The Bertz CT molecular complexity index is 1440. The number of hydrogen-bond donors (Lipinski definition) is 2. The number of Topliss-reactive ketones (excluding diaryl/α,β-unsaturated/α-hetero) is 1. The average Bonchev–Trinajstić information content (AvgIpc) is 3.56. The number of likely N-dealkylation sites (tertiary alicyclic amines) is 1. The minimum Gasteiger partial charge on any atom is -0.410 e. The molecule has 1 aromatic heterocycles. The van der Waals surface area contributed by atoms with Gasteiger partial charge in [0.15, 0.2) is 5.78 Å². The lowest BCUT2D eigenvalue weighted by Gasteiger charge is -2.24. The number of fused-ring (bicyclic) bond motifs is 1. The fourth-order valence-corrected chi connectivity index (χ4v) is 5.26. The van der Waals surface area contributed by atoms with Gasteiger partial charge < -0.3 is 24.8 Å². The summed E-state index contributed by atoms with van der Waals surface area (Å²) in [6, 6.07) is 14.2. The van der Waals surface area contributed by atoms with E-state index in [2.05, 4.69) is 22.8 Å². The molecule has 1 aliphatic carbocycles. The number of benzene rings is 2. The number of nitrogens with zero attached hydrogens (tertiary/aromatic N) is 2. The first-order chi connectivity index (χ1) is 19.8. The molecule has 0 unspecified atom stereocenters. The predicted molar refractivity (Wildman–Crippen MR) is 152 cm³/mol. The number of carbonyl (C=O) groups is 4.